The monoisotopic (exact) mass is 276 g/mol. The molecule has 1 aliphatic carbocycles. The minimum Gasteiger partial charge on any atom is -0.356 e. The van der Waals surface area contributed by atoms with Crippen molar-refractivity contribution in [1.29, 1.82) is 0 Å². The number of carbonyl (C=O) groups is 1. The molecule has 0 bridgehead atoms. The molecular formula is C12H24N2O3S. The van der Waals surface area contributed by atoms with Gasteiger partial charge in [0.05, 0.1) is 5.75 Å². The number of primary sulfonamides is 1. The van der Waals surface area contributed by atoms with Gasteiger partial charge in [-0.15, -0.1) is 0 Å². The maximum atomic E-state index is 11.9. The molecule has 3 N–H and O–H groups in total. The predicted molar refractivity (Wildman–Crippen MR) is 71.4 cm³/mol. The Hall–Kier alpha value is -0.620. The largest absolute Gasteiger partial charge is 0.356 e. The number of nitrogens with two attached hydrogens (primary N) is 1. The second-order valence-electron chi connectivity index (χ2n) is 5.05. The van der Waals surface area contributed by atoms with Crippen LogP contribution in [-0.4, -0.2) is 26.6 Å². The van der Waals surface area contributed by atoms with E-state index in [1.54, 1.807) is 0 Å². The van der Waals surface area contributed by atoms with E-state index >= 15 is 0 Å². The third kappa shape index (κ3) is 6.96. The summed E-state index contributed by atoms with van der Waals surface area (Å²) in [4.78, 5) is 11.9. The smallest absolute Gasteiger partial charge is 0.223 e. The Morgan fingerprint density at radius 3 is 2.22 bits per heavy atom. The molecule has 1 aliphatic rings. The Morgan fingerprint density at radius 2 is 1.67 bits per heavy atom. The zero-order chi connectivity index (χ0) is 13.4. The first kappa shape index (κ1) is 15.4. The SMILES string of the molecule is NS(=O)(=O)CCCNC(=O)C1CCCCCCC1. The molecule has 0 aromatic carbocycles. The molecule has 6 heteroatoms. The highest BCUT2D eigenvalue weighted by Crippen LogP contribution is 2.22. The van der Waals surface area contributed by atoms with Gasteiger partial charge in [-0.05, 0) is 19.3 Å². The summed E-state index contributed by atoms with van der Waals surface area (Å²) in [6.45, 7) is 0.395. The van der Waals surface area contributed by atoms with E-state index in [0.29, 0.717) is 13.0 Å². The lowest BCUT2D eigenvalue weighted by Crippen LogP contribution is -2.33. The summed E-state index contributed by atoms with van der Waals surface area (Å²) in [5.41, 5.74) is 0. The molecule has 1 fully saturated rings. The molecule has 5 nitrogen and oxygen atoms in total. The first-order valence-corrected chi connectivity index (χ1v) is 8.49. The highest BCUT2D eigenvalue weighted by Gasteiger charge is 2.18. The molecule has 106 valence electrons. The van der Waals surface area contributed by atoms with Crippen LogP contribution in [0.5, 0.6) is 0 Å². The number of amides is 1. The van der Waals surface area contributed by atoms with Crippen LogP contribution in [0, 0.1) is 5.92 Å². The minimum atomic E-state index is -3.41. The van der Waals surface area contributed by atoms with Crippen molar-refractivity contribution in [1.82, 2.24) is 5.32 Å². The van der Waals surface area contributed by atoms with Crippen LogP contribution in [0.1, 0.15) is 51.4 Å². The highest BCUT2D eigenvalue weighted by molar-refractivity contribution is 7.89. The Labute approximate surface area is 110 Å². The maximum Gasteiger partial charge on any atom is 0.223 e. The van der Waals surface area contributed by atoms with E-state index in [2.05, 4.69) is 5.32 Å². The fraction of sp³-hybridized carbons (Fsp3) is 0.917. The summed E-state index contributed by atoms with van der Waals surface area (Å²) in [5.74, 6) is 0.115. The zero-order valence-electron chi connectivity index (χ0n) is 10.9. The standard InChI is InChI=1S/C12H24N2O3S/c13-18(16,17)10-6-9-14-12(15)11-7-4-2-1-3-5-8-11/h11H,1-10H2,(H,14,15)(H2,13,16,17). The van der Waals surface area contributed by atoms with Crippen molar-refractivity contribution >= 4 is 15.9 Å². The summed E-state index contributed by atoms with van der Waals surface area (Å²) < 4.78 is 21.5. The van der Waals surface area contributed by atoms with Crippen molar-refractivity contribution < 1.29 is 13.2 Å². The Bertz CT molecular complexity index is 346. The van der Waals surface area contributed by atoms with Crippen LogP contribution < -0.4 is 10.5 Å². The summed E-state index contributed by atoms with van der Waals surface area (Å²) >= 11 is 0. The molecule has 0 atom stereocenters. The van der Waals surface area contributed by atoms with Gasteiger partial charge in [0, 0.05) is 12.5 Å². The van der Waals surface area contributed by atoms with Crippen LogP contribution in [-0.2, 0) is 14.8 Å². The minimum absolute atomic E-state index is 0.0715. The average molecular weight is 276 g/mol. The summed E-state index contributed by atoms with van der Waals surface area (Å²) in [6.07, 6.45) is 8.26. The van der Waals surface area contributed by atoms with Crippen LogP contribution in [0.2, 0.25) is 0 Å². The Morgan fingerprint density at radius 1 is 1.11 bits per heavy atom. The average Bonchev–Trinajstić information content (AvgIpc) is 2.22. The van der Waals surface area contributed by atoms with Crippen molar-refractivity contribution in [2.24, 2.45) is 11.1 Å². The van der Waals surface area contributed by atoms with Crippen molar-refractivity contribution in [3.8, 4) is 0 Å². The number of sulfonamides is 1. The van der Waals surface area contributed by atoms with E-state index in [9.17, 15) is 13.2 Å². The number of rotatable bonds is 5. The summed E-state index contributed by atoms with van der Waals surface area (Å²) in [6, 6.07) is 0. The first-order chi connectivity index (χ1) is 8.49. The summed E-state index contributed by atoms with van der Waals surface area (Å²) in [5, 5.41) is 7.71. The molecule has 0 unspecified atom stereocenters. The molecule has 18 heavy (non-hydrogen) atoms. The molecule has 0 heterocycles. The van der Waals surface area contributed by atoms with Gasteiger partial charge in [0.25, 0.3) is 0 Å². The zero-order valence-corrected chi connectivity index (χ0v) is 11.7. The van der Waals surface area contributed by atoms with Crippen molar-refractivity contribution in [2.75, 3.05) is 12.3 Å². The van der Waals surface area contributed by atoms with Gasteiger partial charge in [0.2, 0.25) is 15.9 Å². The van der Waals surface area contributed by atoms with Crippen LogP contribution >= 0.6 is 0 Å². The molecule has 0 aliphatic heterocycles. The second kappa shape index (κ2) is 7.74. The summed E-state index contributed by atoms with van der Waals surface area (Å²) in [7, 11) is -3.41. The molecule has 1 amide bonds. The predicted octanol–water partition coefficient (Wildman–Crippen LogP) is 1.14. The molecular weight excluding hydrogens is 252 g/mol. The number of hydrogen-bond donors (Lipinski definition) is 2. The van der Waals surface area contributed by atoms with Crippen LogP contribution in [0.15, 0.2) is 0 Å². The van der Waals surface area contributed by atoms with E-state index in [-0.39, 0.29) is 17.6 Å². The molecule has 1 rings (SSSR count). The lowest BCUT2D eigenvalue weighted by atomic mass is 9.90. The topological polar surface area (TPSA) is 89.3 Å². The number of hydrogen-bond acceptors (Lipinski definition) is 3. The lowest BCUT2D eigenvalue weighted by Gasteiger charge is -2.19. The lowest BCUT2D eigenvalue weighted by molar-refractivity contribution is -0.125. The van der Waals surface area contributed by atoms with Gasteiger partial charge in [-0.3, -0.25) is 4.79 Å². The van der Waals surface area contributed by atoms with Gasteiger partial charge in [0.15, 0.2) is 0 Å². The van der Waals surface area contributed by atoms with Crippen LogP contribution in [0.25, 0.3) is 0 Å². The van der Waals surface area contributed by atoms with Gasteiger partial charge in [-0.25, -0.2) is 13.6 Å². The third-order valence-electron chi connectivity index (χ3n) is 3.38. The second-order valence-corrected chi connectivity index (χ2v) is 6.79. The molecule has 1 saturated carbocycles. The fourth-order valence-corrected chi connectivity index (χ4v) is 2.89. The third-order valence-corrected chi connectivity index (χ3v) is 4.24. The maximum absolute atomic E-state index is 11.9. The van der Waals surface area contributed by atoms with Gasteiger partial charge in [-0.1, -0.05) is 32.1 Å². The molecule has 0 aromatic heterocycles. The van der Waals surface area contributed by atoms with Gasteiger partial charge in [0.1, 0.15) is 0 Å². The molecule has 0 spiro atoms. The van der Waals surface area contributed by atoms with Crippen molar-refractivity contribution in [3.63, 3.8) is 0 Å². The van der Waals surface area contributed by atoms with Gasteiger partial charge in [-0.2, -0.15) is 0 Å². The first-order valence-electron chi connectivity index (χ1n) is 6.77. The highest BCUT2D eigenvalue weighted by atomic mass is 32.2. The normalized spacial score (nSPS) is 18.9. The fourth-order valence-electron chi connectivity index (χ4n) is 2.35. The Kier molecular flexibility index (Phi) is 6.63. The van der Waals surface area contributed by atoms with E-state index in [1.165, 1.54) is 19.3 Å². The van der Waals surface area contributed by atoms with Gasteiger partial charge < -0.3 is 5.32 Å². The van der Waals surface area contributed by atoms with E-state index < -0.39 is 10.0 Å². The molecule has 0 radical (unpaired) electrons. The van der Waals surface area contributed by atoms with Crippen LogP contribution in [0.4, 0.5) is 0 Å². The van der Waals surface area contributed by atoms with Crippen LogP contribution in [0.3, 0.4) is 0 Å². The Balaban J connectivity index is 2.22. The van der Waals surface area contributed by atoms with Crippen molar-refractivity contribution in [2.45, 2.75) is 51.4 Å². The number of carbonyl (C=O) groups excluding carboxylic acids is 1. The van der Waals surface area contributed by atoms with E-state index in [4.69, 9.17) is 5.14 Å². The van der Waals surface area contributed by atoms with Crippen molar-refractivity contribution in [3.05, 3.63) is 0 Å². The van der Waals surface area contributed by atoms with Gasteiger partial charge >= 0.3 is 0 Å². The molecule has 0 aromatic rings. The van der Waals surface area contributed by atoms with E-state index in [0.717, 1.165) is 25.7 Å². The van der Waals surface area contributed by atoms with E-state index in [1.807, 2.05) is 0 Å². The molecule has 0 saturated heterocycles. The number of nitrogens with one attached hydrogen (secondary N) is 1. The quantitative estimate of drug-likeness (QED) is 0.738.